The van der Waals surface area contributed by atoms with Crippen molar-refractivity contribution in [1.29, 1.82) is 0 Å². The van der Waals surface area contributed by atoms with E-state index < -0.39 is 5.82 Å². The van der Waals surface area contributed by atoms with Crippen LogP contribution in [-0.4, -0.2) is 54.8 Å². The van der Waals surface area contributed by atoms with E-state index in [9.17, 15) is 18.8 Å². The van der Waals surface area contributed by atoms with Crippen LogP contribution in [0.2, 0.25) is 0 Å². The maximum absolute atomic E-state index is 12.8. The minimum Gasteiger partial charge on any atom is -0.354 e. The minimum absolute atomic E-state index is 0. The smallest absolute Gasteiger partial charge is 0.251 e. The lowest BCUT2D eigenvalue weighted by Crippen LogP contribution is -2.43. The lowest BCUT2D eigenvalue weighted by Gasteiger charge is -2.23. The Balaban J connectivity index is 0.00000364. The second-order valence-corrected chi connectivity index (χ2v) is 6.51. The van der Waals surface area contributed by atoms with Crippen LogP contribution in [0.4, 0.5) is 4.39 Å². The van der Waals surface area contributed by atoms with Gasteiger partial charge >= 0.3 is 0 Å². The van der Waals surface area contributed by atoms with Gasteiger partial charge < -0.3 is 21.3 Å². The van der Waals surface area contributed by atoms with E-state index in [2.05, 4.69) is 10.6 Å². The predicted molar refractivity (Wildman–Crippen MR) is 102 cm³/mol. The lowest BCUT2D eigenvalue weighted by molar-refractivity contribution is -0.131. The summed E-state index contributed by atoms with van der Waals surface area (Å²) < 4.78 is 12.8. The first kappa shape index (κ1) is 22.9. The monoisotopic (exact) mass is 400 g/mol. The number of nitrogens with two attached hydrogens (primary N) is 1. The number of likely N-dealkylation sites (tertiary alicyclic amines) is 1. The Kier molecular flexibility index (Phi) is 9.17. The van der Waals surface area contributed by atoms with Crippen LogP contribution in [0.3, 0.4) is 0 Å². The normalized spacial score (nSPS) is 19.4. The molecule has 0 bridgehead atoms. The number of nitrogens with one attached hydrogen (secondary N) is 2. The summed E-state index contributed by atoms with van der Waals surface area (Å²) in [5, 5.41) is 5.44. The molecule has 9 heteroatoms. The number of hydrogen-bond acceptors (Lipinski definition) is 4. The molecule has 2 rings (SSSR count). The molecule has 1 aromatic rings. The zero-order chi connectivity index (χ0) is 19.1. The molecule has 0 saturated carbocycles. The first-order valence-corrected chi connectivity index (χ1v) is 8.69. The molecule has 1 aliphatic heterocycles. The van der Waals surface area contributed by atoms with E-state index >= 15 is 0 Å². The number of hydrogen-bond donors (Lipinski definition) is 3. The third-order valence-electron chi connectivity index (χ3n) is 4.41. The van der Waals surface area contributed by atoms with E-state index in [1.807, 2.05) is 0 Å². The van der Waals surface area contributed by atoms with E-state index in [0.717, 1.165) is 0 Å². The van der Waals surface area contributed by atoms with Gasteiger partial charge in [-0.15, -0.1) is 12.4 Å². The first-order valence-electron chi connectivity index (χ1n) is 8.69. The lowest BCUT2D eigenvalue weighted by atomic mass is 10.0. The van der Waals surface area contributed by atoms with Crippen LogP contribution < -0.4 is 16.4 Å². The van der Waals surface area contributed by atoms with Crippen LogP contribution in [0.25, 0.3) is 0 Å². The fraction of sp³-hybridized carbons (Fsp3) is 0.500. The molecule has 27 heavy (non-hydrogen) atoms. The van der Waals surface area contributed by atoms with Crippen molar-refractivity contribution in [3.8, 4) is 0 Å². The topological polar surface area (TPSA) is 105 Å². The van der Waals surface area contributed by atoms with E-state index in [-0.39, 0.29) is 55.2 Å². The fourth-order valence-electron chi connectivity index (χ4n) is 2.90. The largest absolute Gasteiger partial charge is 0.354 e. The number of rotatable bonds is 5. The highest BCUT2D eigenvalue weighted by Gasteiger charge is 2.28. The van der Waals surface area contributed by atoms with Crippen molar-refractivity contribution in [2.24, 2.45) is 11.7 Å². The van der Waals surface area contributed by atoms with Gasteiger partial charge in [0.2, 0.25) is 11.8 Å². The number of amides is 3. The maximum Gasteiger partial charge on any atom is 0.251 e. The third kappa shape index (κ3) is 7.15. The summed E-state index contributed by atoms with van der Waals surface area (Å²) in [7, 11) is 0. The Morgan fingerprint density at radius 2 is 1.74 bits per heavy atom. The van der Waals surface area contributed by atoms with Crippen molar-refractivity contribution in [1.82, 2.24) is 15.5 Å². The van der Waals surface area contributed by atoms with E-state index in [0.29, 0.717) is 31.5 Å². The van der Waals surface area contributed by atoms with Crippen molar-refractivity contribution >= 4 is 30.1 Å². The van der Waals surface area contributed by atoms with Gasteiger partial charge in [-0.05, 0) is 37.1 Å². The molecule has 1 aliphatic rings. The molecule has 0 spiro atoms. The molecule has 0 radical (unpaired) electrons. The highest BCUT2D eigenvalue weighted by atomic mass is 35.5. The van der Waals surface area contributed by atoms with Gasteiger partial charge in [-0.25, -0.2) is 4.39 Å². The van der Waals surface area contributed by atoms with Crippen LogP contribution in [0, 0.1) is 11.7 Å². The average molecular weight is 401 g/mol. The van der Waals surface area contributed by atoms with E-state index in [1.165, 1.54) is 31.2 Å². The van der Waals surface area contributed by atoms with Gasteiger partial charge in [-0.1, -0.05) is 0 Å². The molecule has 1 saturated heterocycles. The molecule has 0 aliphatic carbocycles. The highest BCUT2D eigenvalue weighted by Crippen LogP contribution is 2.16. The van der Waals surface area contributed by atoms with Crippen LogP contribution in [0.1, 0.15) is 30.1 Å². The third-order valence-corrected chi connectivity index (χ3v) is 4.41. The number of benzene rings is 1. The number of nitrogens with zero attached hydrogens (tertiary/aromatic N) is 1. The molecular weight excluding hydrogens is 375 g/mol. The van der Waals surface area contributed by atoms with E-state index in [1.54, 1.807) is 4.90 Å². The van der Waals surface area contributed by atoms with Gasteiger partial charge in [0.15, 0.2) is 0 Å². The van der Waals surface area contributed by atoms with Crippen LogP contribution in [0.5, 0.6) is 0 Å². The molecule has 1 fully saturated rings. The molecule has 4 N–H and O–H groups in total. The van der Waals surface area contributed by atoms with Crippen LogP contribution in [0.15, 0.2) is 24.3 Å². The van der Waals surface area contributed by atoms with Gasteiger partial charge in [-0.3, -0.25) is 14.4 Å². The average Bonchev–Trinajstić information content (AvgIpc) is 2.81. The Hall–Kier alpha value is -2.19. The fourth-order valence-corrected chi connectivity index (χ4v) is 2.90. The summed E-state index contributed by atoms with van der Waals surface area (Å²) >= 11 is 0. The number of halogens is 2. The maximum atomic E-state index is 12.8. The highest BCUT2D eigenvalue weighted by molar-refractivity contribution is 5.94. The van der Waals surface area contributed by atoms with Crippen molar-refractivity contribution in [2.45, 2.75) is 25.8 Å². The summed E-state index contributed by atoms with van der Waals surface area (Å²) in [5.74, 6) is -1.28. The van der Waals surface area contributed by atoms with Crippen LogP contribution >= 0.6 is 12.4 Å². The summed E-state index contributed by atoms with van der Waals surface area (Å²) in [5.41, 5.74) is 6.30. The minimum atomic E-state index is -0.406. The van der Waals surface area contributed by atoms with Crippen molar-refractivity contribution in [3.05, 3.63) is 35.6 Å². The summed E-state index contributed by atoms with van der Waals surface area (Å²) in [4.78, 5) is 37.5. The van der Waals surface area contributed by atoms with Crippen molar-refractivity contribution in [3.63, 3.8) is 0 Å². The van der Waals surface area contributed by atoms with Gasteiger partial charge in [0.1, 0.15) is 5.82 Å². The summed E-state index contributed by atoms with van der Waals surface area (Å²) in [6, 6.07) is 5.11. The number of carbonyl (C=O) groups is 3. The van der Waals surface area contributed by atoms with Crippen molar-refractivity contribution in [2.75, 3.05) is 26.2 Å². The second-order valence-electron chi connectivity index (χ2n) is 6.51. The standard InChI is InChI=1S/C18H25FN4O3.ClH/c1-12(24)23-10-14(4-7-16(20)11-23)18(26)22-9-8-21-17(25)13-2-5-15(19)6-3-13;/h2-3,5-6,14,16H,4,7-11,20H2,1H3,(H,21,25)(H,22,26);1H/t14-,16+;/m1./s1. The molecular formula is C18H26ClFN4O3. The van der Waals surface area contributed by atoms with Gasteiger partial charge in [0, 0.05) is 44.7 Å². The predicted octanol–water partition coefficient (Wildman–Crippen LogP) is 0.679. The zero-order valence-corrected chi connectivity index (χ0v) is 16.1. The molecule has 0 aromatic heterocycles. The zero-order valence-electron chi connectivity index (χ0n) is 15.2. The quantitative estimate of drug-likeness (QED) is 0.632. The molecule has 0 unspecified atom stereocenters. The van der Waals surface area contributed by atoms with Crippen LogP contribution in [-0.2, 0) is 9.59 Å². The Bertz CT molecular complexity index is 657. The van der Waals surface area contributed by atoms with Crippen molar-refractivity contribution < 1.29 is 18.8 Å². The Morgan fingerprint density at radius 1 is 1.11 bits per heavy atom. The Labute approximate surface area is 164 Å². The molecule has 3 amide bonds. The van der Waals surface area contributed by atoms with Gasteiger partial charge in [0.25, 0.3) is 5.91 Å². The molecule has 7 nitrogen and oxygen atoms in total. The SMILES string of the molecule is CC(=O)N1C[C@@H](N)CC[C@@H](C(=O)NCCNC(=O)c2ccc(F)cc2)C1.Cl. The molecule has 1 heterocycles. The first-order chi connectivity index (χ1) is 12.4. The summed E-state index contributed by atoms with van der Waals surface area (Å²) in [6.45, 7) is 2.82. The molecule has 150 valence electrons. The van der Waals surface area contributed by atoms with Gasteiger partial charge in [0.05, 0.1) is 5.92 Å². The van der Waals surface area contributed by atoms with Gasteiger partial charge in [-0.2, -0.15) is 0 Å². The van der Waals surface area contributed by atoms with E-state index in [4.69, 9.17) is 5.73 Å². The number of carbonyl (C=O) groups excluding carboxylic acids is 3. The molecule has 2 atom stereocenters. The summed E-state index contributed by atoms with van der Waals surface area (Å²) in [6.07, 6.45) is 1.31. The molecule has 1 aromatic carbocycles. The second kappa shape index (κ2) is 10.8. The Morgan fingerprint density at radius 3 is 2.37 bits per heavy atom.